The first-order valence-corrected chi connectivity index (χ1v) is 13.4. The SMILES string of the molecule is CC(C)[C@H](C)CC[C@@H](C)[C@H]1CC[C@H]2[C@@H]3CCC4C(O)CCC[C@]4(C)[C@H]3CC[C@]12C. The third-order valence-corrected chi connectivity index (χ3v) is 11.6. The van der Waals surface area contributed by atoms with Gasteiger partial charge in [-0.1, -0.05) is 60.8 Å². The van der Waals surface area contributed by atoms with Crippen LogP contribution in [0.25, 0.3) is 0 Å². The average Bonchev–Trinajstić information content (AvgIpc) is 3.03. The molecule has 0 aliphatic heterocycles. The summed E-state index contributed by atoms with van der Waals surface area (Å²) < 4.78 is 0. The van der Waals surface area contributed by atoms with E-state index in [0.717, 1.165) is 47.8 Å². The number of hydrogen-bond acceptors (Lipinski definition) is 1. The maximum atomic E-state index is 10.8. The minimum absolute atomic E-state index is 0.0118. The van der Waals surface area contributed by atoms with E-state index in [9.17, 15) is 5.11 Å². The van der Waals surface area contributed by atoms with Crippen LogP contribution in [0.1, 0.15) is 112 Å². The summed E-state index contributed by atoms with van der Waals surface area (Å²) in [5, 5.41) is 10.8. The van der Waals surface area contributed by atoms with E-state index in [1.54, 1.807) is 0 Å². The fourth-order valence-electron chi connectivity index (χ4n) is 9.42. The van der Waals surface area contributed by atoms with Gasteiger partial charge in [0.2, 0.25) is 0 Å². The van der Waals surface area contributed by atoms with Crippen molar-refractivity contribution in [1.82, 2.24) is 0 Å². The summed E-state index contributed by atoms with van der Waals surface area (Å²) in [4.78, 5) is 0. The van der Waals surface area contributed by atoms with Crippen molar-refractivity contribution >= 4 is 0 Å². The van der Waals surface area contributed by atoms with Gasteiger partial charge < -0.3 is 5.11 Å². The van der Waals surface area contributed by atoms with Gasteiger partial charge in [-0.3, -0.25) is 0 Å². The van der Waals surface area contributed by atoms with Gasteiger partial charge in [-0.15, -0.1) is 0 Å². The molecule has 4 aliphatic carbocycles. The summed E-state index contributed by atoms with van der Waals surface area (Å²) >= 11 is 0. The highest BCUT2D eigenvalue weighted by Crippen LogP contribution is 2.68. The Balaban J connectivity index is 1.47. The summed E-state index contributed by atoms with van der Waals surface area (Å²) in [6, 6.07) is 0. The normalized spacial score (nSPS) is 49.2. The van der Waals surface area contributed by atoms with Crippen molar-refractivity contribution < 1.29 is 5.11 Å². The Morgan fingerprint density at radius 1 is 0.759 bits per heavy atom. The molecule has 0 aromatic rings. The molecular weight excluding hydrogens is 352 g/mol. The Morgan fingerprint density at radius 2 is 1.45 bits per heavy atom. The predicted octanol–water partition coefficient (Wildman–Crippen LogP) is 7.71. The average molecular weight is 403 g/mol. The molecule has 4 saturated carbocycles. The molecule has 1 nitrogen and oxygen atoms in total. The first-order chi connectivity index (χ1) is 13.7. The molecule has 0 heterocycles. The summed E-state index contributed by atoms with van der Waals surface area (Å²) in [5.41, 5.74) is 1.02. The fourth-order valence-corrected chi connectivity index (χ4v) is 9.42. The van der Waals surface area contributed by atoms with Crippen LogP contribution >= 0.6 is 0 Å². The van der Waals surface area contributed by atoms with Gasteiger partial charge in [-0.25, -0.2) is 0 Å². The Morgan fingerprint density at radius 3 is 2.17 bits per heavy atom. The molecule has 4 aliphatic rings. The molecular formula is C28H50O. The second kappa shape index (κ2) is 8.14. The lowest BCUT2D eigenvalue weighted by atomic mass is 9.44. The lowest BCUT2D eigenvalue weighted by Crippen LogP contribution is -2.55. The third-order valence-electron chi connectivity index (χ3n) is 11.6. The van der Waals surface area contributed by atoms with Crippen molar-refractivity contribution in [1.29, 1.82) is 0 Å². The zero-order valence-electron chi connectivity index (χ0n) is 20.4. The second-order valence-corrected chi connectivity index (χ2v) is 13.0. The van der Waals surface area contributed by atoms with E-state index in [1.807, 2.05) is 0 Å². The van der Waals surface area contributed by atoms with E-state index >= 15 is 0 Å². The topological polar surface area (TPSA) is 20.2 Å². The van der Waals surface area contributed by atoms with Crippen molar-refractivity contribution in [3.05, 3.63) is 0 Å². The molecule has 0 aromatic heterocycles. The van der Waals surface area contributed by atoms with Crippen LogP contribution in [0.2, 0.25) is 0 Å². The number of aliphatic hydroxyl groups excluding tert-OH is 1. The number of hydrogen-bond donors (Lipinski definition) is 1. The van der Waals surface area contributed by atoms with E-state index in [-0.39, 0.29) is 6.10 Å². The zero-order valence-corrected chi connectivity index (χ0v) is 20.4. The van der Waals surface area contributed by atoms with E-state index in [0.29, 0.717) is 16.7 Å². The van der Waals surface area contributed by atoms with Crippen LogP contribution in [-0.2, 0) is 0 Å². The standard InChI is InChI=1S/C28H50O/c1-18(2)19(3)9-10-20(4)22-13-14-23-21-11-12-25-26(29)8-7-16-27(25,5)24(21)15-17-28(22,23)6/h18-26,29H,7-17H2,1-6H3/t19-,20-,21+,22-,23+,24+,25?,26?,27-,28-/m1/s1. The van der Waals surface area contributed by atoms with Gasteiger partial charge in [-0.2, -0.15) is 0 Å². The van der Waals surface area contributed by atoms with Crippen molar-refractivity contribution in [2.24, 2.45) is 58.2 Å². The monoisotopic (exact) mass is 402 g/mol. The lowest BCUT2D eigenvalue weighted by molar-refractivity contribution is -0.145. The molecule has 1 N–H and O–H groups in total. The maximum absolute atomic E-state index is 10.8. The van der Waals surface area contributed by atoms with Gasteiger partial charge in [0.05, 0.1) is 6.10 Å². The highest BCUT2D eigenvalue weighted by atomic mass is 16.3. The van der Waals surface area contributed by atoms with E-state index in [4.69, 9.17) is 0 Å². The van der Waals surface area contributed by atoms with Crippen LogP contribution in [0, 0.1) is 58.2 Å². The van der Waals surface area contributed by atoms with E-state index in [2.05, 4.69) is 41.5 Å². The van der Waals surface area contributed by atoms with Gasteiger partial charge in [0.25, 0.3) is 0 Å². The number of aliphatic hydroxyl groups is 1. The molecule has 168 valence electrons. The van der Waals surface area contributed by atoms with Crippen LogP contribution in [0.4, 0.5) is 0 Å². The van der Waals surface area contributed by atoms with Crippen LogP contribution in [0.3, 0.4) is 0 Å². The molecule has 0 spiro atoms. The van der Waals surface area contributed by atoms with Gasteiger partial charge >= 0.3 is 0 Å². The van der Waals surface area contributed by atoms with Gasteiger partial charge in [0.15, 0.2) is 0 Å². The molecule has 4 rings (SSSR count). The summed E-state index contributed by atoms with van der Waals surface area (Å²) in [6.07, 6.45) is 15.2. The van der Waals surface area contributed by atoms with Crippen molar-refractivity contribution in [3.63, 3.8) is 0 Å². The van der Waals surface area contributed by atoms with Crippen LogP contribution in [0.5, 0.6) is 0 Å². The molecule has 10 atom stereocenters. The summed E-state index contributed by atoms with van der Waals surface area (Å²) in [7, 11) is 0. The minimum Gasteiger partial charge on any atom is -0.393 e. The summed E-state index contributed by atoms with van der Waals surface area (Å²) in [5.74, 6) is 6.94. The highest BCUT2D eigenvalue weighted by Gasteiger charge is 2.61. The smallest absolute Gasteiger partial charge is 0.0573 e. The second-order valence-electron chi connectivity index (χ2n) is 13.0. The molecule has 0 saturated heterocycles. The Labute approximate surface area is 181 Å². The molecule has 1 heteroatoms. The molecule has 0 amide bonds. The first kappa shape index (κ1) is 22.2. The number of fused-ring (bicyclic) bond motifs is 5. The van der Waals surface area contributed by atoms with Crippen LogP contribution in [-0.4, -0.2) is 11.2 Å². The fraction of sp³-hybridized carbons (Fsp3) is 1.00. The maximum Gasteiger partial charge on any atom is 0.0573 e. The van der Waals surface area contributed by atoms with Crippen molar-refractivity contribution in [2.75, 3.05) is 0 Å². The Bertz CT molecular complexity index is 569. The van der Waals surface area contributed by atoms with Crippen molar-refractivity contribution in [2.45, 2.75) is 118 Å². The molecule has 29 heavy (non-hydrogen) atoms. The largest absolute Gasteiger partial charge is 0.393 e. The zero-order chi connectivity index (χ0) is 21.0. The molecule has 0 radical (unpaired) electrons. The molecule has 0 aromatic carbocycles. The van der Waals surface area contributed by atoms with Crippen LogP contribution in [0.15, 0.2) is 0 Å². The molecule has 0 bridgehead atoms. The van der Waals surface area contributed by atoms with Crippen LogP contribution < -0.4 is 0 Å². The van der Waals surface area contributed by atoms with Crippen molar-refractivity contribution in [3.8, 4) is 0 Å². The summed E-state index contributed by atoms with van der Waals surface area (Å²) in [6.45, 7) is 15.1. The number of rotatable bonds is 5. The third kappa shape index (κ3) is 3.64. The minimum atomic E-state index is -0.0118. The first-order valence-electron chi connectivity index (χ1n) is 13.4. The molecule has 4 fully saturated rings. The van der Waals surface area contributed by atoms with E-state index in [1.165, 1.54) is 64.2 Å². The Hall–Kier alpha value is -0.0400. The predicted molar refractivity (Wildman–Crippen MR) is 124 cm³/mol. The van der Waals surface area contributed by atoms with Gasteiger partial charge in [-0.05, 0) is 110 Å². The lowest BCUT2D eigenvalue weighted by Gasteiger charge is -2.61. The molecule has 2 unspecified atom stereocenters. The van der Waals surface area contributed by atoms with E-state index < -0.39 is 0 Å². The quantitative estimate of drug-likeness (QED) is 0.499. The van der Waals surface area contributed by atoms with Gasteiger partial charge in [0, 0.05) is 0 Å². The Kier molecular flexibility index (Phi) is 6.22. The van der Waals surface area contributed by atoms with Gasteiger partial charge in [0.1, 0.15) is 0 Å². The highest BCUT2D eigenvalue weighted by molar-refractivity contribution is 5.10.